The third kappa shape index (κ3) is 4.73. The number of aromatic nitrogens is 2. The number of amides is 1. The number of rotatable bonds is 7. The quantitative estimate of drug-likeness (QED) is 0.514. The molecule has 0 N–H and O–H groups in total. The molecule has 0 aliphatic carbocycles. The minimum atomic E-state index is -3.59. The standard InChI is InChI=1S/C25H32N4O4S/c1-5-29(22-8-6-18(2)16-19(22)3)25(30)11-10-24-26-21-17-20(7-9-23(21)27(24)4)34(31,32)28-12-14-33-15-13-28/h6-9,16-17H,5,10-15H2,1-4H3. The van der Waals surface area contributed by atoms with Crippen molar-refractivity contribution in [1.29, 1.82) is 0 Å². The average Bonchev–Trinajstić information content (AvgIpc) is 3.15. The summed E-state index contributed by atoms with van der Waals surface area (Å²) in [6, 6.07) is 11.1. The van der Waals surface area contributed by atoms with Gasteiger partial charge in [0.25, 0.3) is 0 Å². The molecule has 0 unspecified atom stereocenters. The van der Waals surface area contributed by atoms with E-state index < -0.39 is 10.0 Å². The van der Waals surface area contributed by atoms with Crippen LogP contribution >= 0.6 is 0 Å². The van der Waals surface area contributed by atoms with Gasteiger partial charge in [0.1, 0.15) is 5.82 Å². The summed E-state index contributed by atoms with van der Waals surface area (Å²) in [7, 11) is -1.70. The summed E-state index contributed by atoms with van der Waals surface area (Å²) < 4.78 is 34.7. The molecule has 8 nitrogen and oxygen atoms in total. The fourth-order valence-electron chi connectivity index (χ4n) is 4.49. The van der Waals surface area contributed by atoms with Crippen molar-refractivity contribution in [2.75, 3.05) is 37.7 Å². The number of aryl methyl sites for hydroxylation is 4. The highest BCUT2D eigenvalue weighted by Gasteiger charge is 2.27. The Labute approximate surface area is 201 Å². The fraction of sp³-hybridized carbons (Fsp3) is 0.440. The third-order valence-corrected chi connectivity index (χ3v) is 8.27. The second kappa shape index (κ2) is 9.85. The second-order valence-electron chi connectivity index (χ2n) is 8.68. The minimum Gasteiger partial charge on any atom is -0.379 e. The van der Waals surface area contributed by atoms with Crippen LogP contribution in [0.25, 0.3) is 11.0 Å². The topological polar surface area (TPSA) is 84.7 Å². The van der Waals surface area contributed by atoms with Crippen LogP contribution in [0, 0.1) is 13.8 Å². The molecular weight excluding hydrogens is 452 g/mol. The van der Waals surface area contributed by atoms with Crippen molar-refractivity contribution in [3.63, 3.8) is 0 Å². The molecule has 1 aliphatic rings. The summed E-state index contributed by atoms with van der Waals surface area (Å²) >= 11 is 0. The maximum absolute atomic E-state index is 13.1. The fourth-order valence-corrected chi connectivity index (χ4v) is 5.92. The van der Waals surface area contributed by atoms with E-state index in [1.165, 1.54) is 9.87 Å². The lowest BCUT2D eigenvalue weighted by Gasteiger charge is -2.26. The van der Waals surface area contributed by atoms with Crippen molar-refractivity contribution in [2.45, 2.75) is 38.5 Å². The molecule has 2 heterocycles. The molecule has 1 amide bonds. The highest BCUT2D eigenvalue weighted by atomic mass is 32.2. The summed E-state index contributed by atoms with van der Waals surface area (Å²) in [5, 5.41) is 0. The molecule has 0 spiro atoms. The molecule has 1 saturated heterocycles. The minimum absolute atomic E-state index is 0.0390. The zero-order valence-corrected chi connectivity index (χ0v) is 21.1. The van der Waals surface area contributed by atoms with E-state index >= 15 is 0 Å². The van der Waals surface area contributed by atoms with Crippen LogP contribution in [0.1, 0.15) is 30.3 Å². The maximum Gasteiger partial charge on any atom is 0.243 e. The van der Waals surface area contributed by atoms with Gasteiger partial charge in [-0.25, -0.2) is 13.4 Å². The number of hydrogen-bond donors (Lipinski definition) is 0. The number of fused-ring (bicyclic) bond motifs is 1. The van der Waals surface area contributed by atoms with Crippen molar-refractivity contribution in [3.05, 3.63) is 53.3 Å². The predicted molar refractivity (Wildman–Crippen MR) is 133 cm³/mol. The Morgan fingerprint density at radius 1 is 1.12 bits per heavy atom. The molecule has 0 bridgehead atoms. The molecule has 4 rings (SSSR count). The summed E-state index contributed by atoms with van der Waals surface area (Å²) in [5.74, 6) is 0.790. The lowest BCUT2D eigenvalue weighted by Crippen LogP contribution is -2.40. The zero-order valence-electron chi connectivity index (χ0n) is 20.2. The van der Waals surface area contributed by atoms with Crippen LogP contribution in [0.2, 0.25) is 0 Å². The molecule has 1 aromatic heterocycles. The lowest BCUT2D eigenvalue weighted by atomic mass is 10.1. The van der Waals surface area contributed by atoms with Crippen molar-refractivity contribution in [1.82, 2.24) is 13.9 Å². The number of ether oxygens (including phenoxy) is 1. The molecule has 34 heavy (non-hydrogen) atoms. The van der Waals surface area contributed by atoms with E-state index in [2.05, 4.69) is 11.1 Å². The van der Waals surface area contributed by atoms with Crippen molar-refractivity contribution >= 4 is 32.7 Å². The number of carbonyl (C=O) groups excluding carboxylic acids is 1. The molecule has 1 fully saturated rings. The van der Waals surface area contributed by atoms with Crippen LogP contribution in [0.15, 0.2) is 41.3 Å². The summed E-state index contributed by atoms with van der Waals surface area (Å²) in [6.45, 7) is 8.14. The van der Waals surface area contributed by atoms with E-state index in [0.717, 1.165) is 22.6 Å². The summed E-state index contributed by atoms with van der Waals surface area (Å²) in [4.78, 5) is 19.8. The Morgan fingerprint density at radius 3 is 2.53 bits per heavy atom. The molecular formula is C25H32N4O4S. The van der Waals surface area contributed by atoms with E-state index in [1.807, 2.05) is 49.4 Å². The Hall–Kier alpha value is -2.75. The van der Waals surface area contributed by atoms with Crippen LogP contribution in [-0.2, 0) is 33.0 Å². The Kier molecular flexibility index (Phi) is 7.06. The van der Waals surface area contributed by atoms with E-state index in [1.54, 1.807) is 18.2 Å². The van der Waals surface area contributed by atoms with E-state index in [9.17, 15) is 13.2 Å². The van der Waals surface area contributed by atoms with E-state index in [4.69, 9.17) is 4.74 Å². The average molecular weight is 485 g/mol. The smallest absolute Gasteiger partial charge is 0.243 e. The monoisotopic (exact) mass is 484 g/mol. The normalized spacial score (nSPS) is 15.1. The maximum atomic E-state index is 13.1. The SMILES string of the molecule is CCN(C(=O)CCc1nc2cc(S(=O)(=O)N3CCOCC3)ccc2n1C)c1ccc(C)cc1C. The van der Waals surface area contributed by atoms with Crippen molar-refractivity contribution < 1.29 is 17.9 Å². The highest BCUT2D eigenvalue weighted by molar-refractivity contribution is 7.89. The van der Waals surface area contributed by atoms with Gasteiger partial charge in [0.2, 0.25) is 15.9 Å². The van der Waals surface area contributed by atoms with Crippen LogP contribution < -0.4 is 4.90 Å². The summed E-state index contributed by atoms with van der Waals surface area (Å²) in [5.41, 5.74) is 4.62. The first-order valence-electron chi connectivity index (χ1n) is 11.6. The Morgan fingerprint density at radius 2 is 1.85 bits per heavy atom. The van der Waals surface area contributed by atoms with Gasteiger partial charge < -0.3 is 14.2 Å². The molecule has 0 radical (unpaired) electrons. The molecule has 0 atom stereocenters. The van der Waals surface area contributed by atoms with Gasteiger partial charge in [0, 0.05) is 45.2 Å². The van der Waals surface area contributed by atoms with Gasteiger partial charge in [0.15, 0.2) is 0 Å². The van der Waals surface area contributed by atoms with Crippen LogP contribution in [0.4, 0.5) is 5.69 Å². The number of imidazole rings is 1. The summed E-state index contributed by atoms with van der Waals surface area (Å²) in [6.07, 6.45) is 0.786. The zero-order chi connectivity index (χ0) is 24.5. The van der Waals surface area contributed by atoms with Gasteiger partial charge in [-0.3, -0.25) is 4.79 Å². The van der Waals surface area contributed by atoms with E-state index in [0.29, 0.717) is 51.2 Å². The molecule has 3 aromatic rings. The first-order valence-corrected chi connectivity index (χ1v) is 13.1. The van der Waals surface area contributed by atoms with Gasteiger partial charge in [0.05, 0.1) is 29.1 Å². The molecule has 9 heteroatoms. The van der Waals surface area contributed by atoms with Gasteiger partial charge >= 0.3 is 0 Å². The Balaban J connectivity index is 1.53. The van der Waals surface area contributed by atoms with Gasteiger partial charge in [-0.1, -0.05) is 17.7 Å². The number of sulfonamides is 1. The first kappa shape index (κ1) is 24.4. The number of morpholine rings is 1. The lowest BCUT2D eigenvalue weighted by molar-refractivity contribution is -0.118. The van der Waals surface area contributed by atoms with Gasteiger partial charge in [-0.05, 0) is 50.6 Å². The molecule has 182 valence electrons. The molecule has 1 aliphatic heterocycles. The van der Waals surface area contributed by atoms with Crippen molar-refractivity contribution in [2.24, 2.45) is 7.05 Å². The first-order chi connectivity index (χ1) is 16.2. The second-order valence-corrected chi connectivity index (χ2v) is 10.6. The number of anilines is 1. The number of benzene rings is 2. The van der Waals surface area contributed by atoms with Crippen molar-refractivity contribution in [3.8, 4) is 0 Å². The number of nitrogens with zero attached hydrogens (tertiary/aromatic N) is 4. The van der Waals surface area contributed by atoms with Crippen LogP contribution in [0.3, 0.4) is 0 Å². The Bertz CT molecular complexity index is 1310. The molecule has 0 saturated carbocycles. The van der Waals surface area contributed by atoms with Gasteiger partial charge in [-0.2, -0.15) is 4.31 Å². The highest BCUT2D eigenvalue weighted by Crippen LogP contribution is 2.25. The molecule has 2 aromatic carbocycles. The van der Waals surface area contributed by atoms with Gasteiger partial charge in [-0.15, -0.1) is 0 Å². The predicted octanol–water partition coefficient (Wildman–Crippen LogP) is 3.20. The third-order valence-electron chi connectivity index (χ3n) is 6.38. The van der Waals surface area contributed by atoms with Crippen LogP contribution in [0.5, 0.6) is 0 Å². The number of carbonyl (C=O) groups is 1. The number of hydrogen-bond acceptors (Lipinski definition) is 5. The van der Waals surface area contributed by atoms with Crippen LogP contribution in [-0.4, -0.2) is 61.0 Å². The largest absolute Gasteiger partial charge is 0.379 e. The van der Waals surface area contributed by atoms with E-state index in [-0.39, 0.29) is 10.8 Å².